The molecule has 0 fully saturated rings. The first kappa shape index (κ1) is 11.8. The molecule has 2 N–H and O–H groups in total. The molecule has 0 amide bonds. The van der Waals surface area contributed by atoms with Crippen molar-refractivity contribution in [1.82, 2.24) is 4.57 Å². The molecule has 0 aromatic carbocycles. The lowest BCUT2D eigenvalue weighted by Gasteiger charge is -2.27. The number of nitrogens with one attached hydrogen (secondary N) is 1. The van der Waals surface area contributed by atoms with E-state index in [-0.39, 0.29) is 11.6 Å². The summed E-state index contributed by atoms with van der Waals surface area (Å²) in [6.07, 6.45) is 1.71. The van der Waals surface area contributed by atoms with Gasteiger partial charge in [-0.1, -0.05) is 0 Å². The molecule has 4 nitrogen and oxygen atoms in total. The van der Waals surface area contributed by atoms with Crippen molar-refractivity contribution < 1.29 is 5.11 Å². The average Bonchev–Trinajstić information content (AvgIpc) is 2.10. The summed E-state index contributed by atoms with van der Waals surface area (Å²) in [5.74, 6) is 0. The van der Waals surface area contributed by atoms with Crippen LogP contribution in [0.15, 0.2) is 23.1 Å². The molecule has 1 heterocycles. The third kappa shape index (κ3) is 3.09. The van der Waals surface area contributed by atoms with E-state index in [0.717, 1.165) is 5.69 Å². The van der Waals surface area contributed by atoms with Crippen LogP contribution in [0.25, 0.3) is 0 Å². The largest absolute Gasteiger partial charge is 0.388 e. The van der Waals surface area contributed by atoms with E-state index >= 15 is 0 Å². The van der Waals surface area contributed by atoms with Gasteiger partial charge in [0.15, 0.2) is 0 Å². The van der Waals surface area contributed by atoms with Crippen LogP contribution < -0.4 is 10.9 Å². The second-order valence-electron chi connectivity index (χ2n) is 4.39. The highest BCUT2D eigenvalue weighted by Crippen LogP contribution is 2.13. The molecule has 84 valence electrons. The molecule has 4 heteroatoms. The zero-order valence-corrected chi connectivity index (χ0v) is 9.61. The van der Waals surface area contributed by atoms with E-state index in [9.17, 15) is 9.90 Å². The number of nitrogens with zero attached hydrogens (tertiary/aromatic N) is 1. The van der Waals surface area contributed by atoms with Crippen molar-refractivity contribution in [3.8, 4) is 0 Å². The van der Waals surface area contributed by atoms with Crippen LogP contribution >= 0.6 is 0 Å². The predicted molar refractivity (Wildman–Crippen MR) is 61.1 cm³/mol. The Morgan fingerprint density at radius 2 is 2.07 bits per heavy atom. The molecular weight excluding hydrogens is 192 g/mol. The van der Waals surface area contributed by atoms with Crippen molar-refractivity contribution in [3.05, 3.63) is 28.7 Å². The fourth-order valence-electron chi connectivity index (χ4n) is 1.11. The van der Waals surface area contributed by atoms with Gasteiger partial charge in [-0.3, -0.25) is 4.79 Å². The molecule has 1 unspecified atom stereocenters. The number of hydrogen-bond acceptors (Lipinski definition) is 3. The SMILES string of the molecule is CC(Nc1ccc(=O)n(C)c1)C(C)(C)O. The minimum Gasteiger partial charge on any atom is -0.388 e. The maximum atomic E-state index is 11.1. The Bertz CT molecular complexity index is 390. The second kappa shape index (κ2) is 4.06. The number of aliphatic hydroxyl groups is 1. The summed E-state index contributed by atoms with van der Waals surface area (Å²) >= 11 is 0. The maximum absolute atomic E-state index is 11.1. The Morgan fingerprint density at radius 3 is 2.53 bits per heavy atom. The van der Waals surface area contributed by atoms with Crippen molar-refractivity contribution in [2.45, 2.75) is 32.4 Å². The lowest BCUT2D eigenvalue weighted by Crippen LogP contribution is -2.39. The maximum Gasteiger partial charge on any atom is 0.250 e. The smallest absolute Gasteiger partial charge is 0.250 e. The zero-order valence-electron chi connectivity index (χ0n) is 9.61. The van der Waals surface area contributed by atoms with Crippen molar-refractivity contribution in [3.63, 3.8) is 0 Å². The van der Waals surface area contributed by atoms with Crippen LogP contribution in [-0.4, -0.2) is 21.3 Å². The first-order chi connectivity index (χ1) is 6.80. The summed E-state index contributed by atoms with van der Waals surface area (Å²) < 4.78 is 1.50. The van der Waals surface area contributed by atoms with Crippen LogP contribution in [0.2, 0.25) is 0 Å². The highest BCUT2D eigenvalue weighted by molar-refractivity contribution is 5.41. The molecule has 1 aromatic heterocycles. The van der Waals surface area contributed by atoms with Gasteiger partial charge < -0.3 is 15.0 Å². The van der Waals surface area contributed by atoms with Gasteiger partial charge in [0.2, 0.25) is 5.56 Å². The van der Waals surface area contributed by atoms with Gasteiger partial charge in [-0.2, -0.15) is 0 Å². The molecule has 0 aliphatic rings. The van der Waals surface area contributed by atoms with E-state index in [1.165, 1.54) is 10.6 Å². The first-order valence-electron chi connectivity index (χ1n) is 4.96. The fraction of sp³-hybridized carbons (Fsp3) is 0.545. The number of aryl methyl sites for hydroxylation is 1. The summed E-state index contributed by atoms with van der Waals surface area (Å²) in [5.41, 5.74) is -0.0162. The standard InChI is InChI=1S/C11H18N2O2/c1-8(11(2,3)15)12-9-5-6-10(14)13(4)7-9/h5-8,12,15H,1-4H3. The number of rotatable bonds is 3. The van der Waals surface area contributed by atoms with Gasteiger partial charge in [0.05, 0.1) is 17.3 Å². The van der Waals surface area contributed by atoms with Gasteiger partial charge in [-0.25, -0.2) is 0 Å². The molecule has 0 aliphatic heterocycles. The number of aromatic nitrogens is 1. The van der Waals surface area contributed by atoms with Crippen LogP contribution in [0.4, 0.5) is 5.69 Å². The molecule has 15 heavy (non-hydrogen) atoms. The molecule has 0 saturated heterocycles. The number of anilines is 1. The molecule has 1 aromatic rings. The minimum atomic E-state index is -0.797. The number of hydrogen-bond donors (Lipinski definition) is 2. The lowest BCUT2D eigenvalue weighted by molar-refractivity contribution is 0.0649. The van der Waals surface area contributed by atoms with E-state index in [1.807, 2.05) is 6.92 Å². The van der Waals surface area contributed by atoms with Gasteiger partial charge in [-0.05, 0) is 26.8 Å². The van der Waals surface area contributed by atoms with Gasteiger partial charge in [0.25, 0.3) is 0 Å². The molecule has 1 rings (SSSR count). The topological polar surface area (TPSA) is 54.3 Å². The van der Waals surface area contributed by atoms with Crippen molar-refractivity contribution in [2.24, 2.45) is 7.05 Å². The lowest BCUT2D eigenvalue weighted by atomic mass is 10.0. The van der Waals surface area contributed by atoms with Gasteiger partial charge in [0, 0.05) is 19.3 Å². The van der Waals surface area contributed by atoms with E-state index in [4.69, 9.17) is 0 Å². The Hall–Kier alpha value is -1.29. The Kier molecular flexibility index (Phi) is 3.19. The Morgan fingerprint density at radius 1 is 1.47 bits per heavy atom. The Balaban J connectivity index is 2.82. The van der Waals surface area contributed by atoms with E-state index in [1.54, 1.807) is 33.2 Å². The summed E-state index contributed by atoms with van der Waals surface area (Å²) in [6.45, 7) is 5.38. The predicted octanol–water partition coefficient (Wildman–Crippen LogP) is 0.957. The molecule has 0 radical (unpaired) electrons. The summed E-state index contributed by atoms with van der Waals surface area (Å²) in [4.78, 5) is 11.1. The molecule has 1 atom stereocenters. The second-order valence-corrected chi connectivity index (χ2v) is 4.39. The molecule has 0 saturated carbocycles. The molecule has 0 aliphatic carbocycles. The monoisotopic (exact) mass is 210 g/mol. The minimum absolute atomic E-state index is 0.0449. The van der Waals surface area contributed by atoms with Crippen molar-refractivity contribution >= 4 is 5.69 Å². The van der Waals surface area contributed by atoms with Crippen LogP contribution in [0.5, 0.6) is 0 Å². The van der Waals surface area contributed by atoms with Gasteiger partial charge in [0.1, 0.15) is 0 Å². The summed E-state index contributed by atoms with van der Waals surface area (Å²) in [7, 11) is 1.70. The highest BCUT2D eigenvalue weighted by atomic mass is 16.3. The van der Waals surface area contributed by atoms with E-state index < -0.39 is 5.60 Å². The quantitative estimate of drug-likeness (QED) is 0.781. The highest BCUT2D eigenvalue weighted by Gasteiger charge is 2.21. The number of pyridine rings is 1. The summed E-state index contributed by atoms with van der Waals surface area (Å²) in [6, 6.07) is 3.12. The third-order valence-corrected chi connectivity index (χ3v) is 2.53. The summed E-state index contributed by atoms with van der Waals surface area (Å²) in [5, 5.41) is 12.9. The molecule has 0 spiro atoms. The van der Waals surface area contributed by atoms with Crippen LogP contribution in [-0.2, 0) is 7.05 Å². The first-order valence-corrected chi connectivity index (χ1v) is 4.96. The van der Waals surface area contributed by atoms with E-state index in [0.29, 0.717) is 0 Å². The van der Waals surface area contributed by atoms with Gasteiger partial charge in [-0.15, -0.1) is 0 Å². The van der Waals surface area contributed by atoms with E-state index in [2.05, 4.69) is 5.32 Å². The fourth-order valence-corrected chi connectivity index (χ4v) is 1.11. The van der Waals surface area contributed by atoms with Crippen LogP contribution in [0.1, 0.15) is 20.8 Å². The third-order valence-electron chi connectivity index (χ3n) is 2.53. The van der Waals surface area contributed by atoms with Crippen molar-refractivity contribution in [2.75, 3.05) is 5.32 Å². The Labute approximate surface area is 89.6 Å². The average molecular weight is 210 g/mol. The van der Waals surface area contributed by atoms with Gasteiger partial charge >= 0.3 is 0 Å². The van der Waals surface area contributed by atoms with Crippen LogP contribution in [0.3, 0.4) is 0 Å². The van der Waals surface area contributed by atoms with Crippen molar-refractivity contribution in [1.29, 1.82) is 0 Å². The van der Waals surface area contributed by atoms with Crippen LogP contribution in [0, 0.1) is 0 Å². The molecule has 0 bridgehead atoms. The normalized spacial score (nSPS) is 13.7. The zero-order chi connectivity index (χ0) is 11.6. The molecular formula is C11H18N2O2.